The minimum absolute atomic E-state index is 0.501. The van der Waals surface area contributed by atoms with Crippen molar-refractivity contribution in [3.8, 4) is 0 Å². The van der Waals surface area contributed by atoms with E-state index in [2.05, 4.69) is 5.32 Å². The quantitative estimate of drug-likeness (QED) is 0.696. The van der Waals surface area contributed by atoms with Gasteiger partial charge in [-0.25, -0.2) is 0 Å². The van der Waals surface area contributed by atoms with Gasteiger partial charge in [-0.05, 0) is 24.9 Å². The van der Waals surface area contributed by atoms with Crippen LogP contribution in [-0.2, 0) is 0 Å². The monoisotopic (exact) mass is 175 g/mol. The van der Waals surface area contributed by atoms with Crippen LogP contribution in [0.5, 0.6) is 0 Å². The summed E-state index contributed by atoms with van der Waals surface area (Å²) in [5.41, 5.74) is 2.05. The number of carbonyl (C=O) groups is 1. The van der Waals surface area contributed by atoms with Gasteiger partial charge in [0.15, 0.2) is 0 Å². The topological polar surface area (TPSA) is 29.1 Å². The number of carbonyl (C=O) groups excluding carboxylic acids is 1. The van der Waals surface area contributed by atoms with E-state index in [1.807, 2.05) is 24.3 Å². The summed E-state index contributed by atoms with van der Waals surface area (Å²) in [4.78, 5) is 10.4. The Labute approximate surface area is 78.0 Å². The predicted molar refractivity (Wildman–Crippen MR) is 51.8 cm³/mol. The van der Waals surface area contributed by atoms with E-state index in [1.165, 1.54) is 18.4 Å². The molecule has 2 heteroatoms. The van der Waals surface area contributed by atoms with Gasteiger partial charge < -0.3 is 5.32 Å². The predicted octanol–water partition coefficient (Wildman–Crippen LogP) is 1.92. The molecule has 0 aromatic heterocycles. The van der Waals surface area contributed by atoms with Crippen LogP contribution in [0.15, 0.2) is 24.3 Å². The molecule has 1 aromatic rings. The highest BCUT2D eigenvalue weighted by molar-refractivity contribution is 5.74. The van der Waals surface area contributed by atoms with E-state index in [-0.39, 0.29) is 0 Å². The molecule has 0 saturated carbocycles. The van der Waals surface area contributed by atoms with Crippen LogP contribution in [0.2, 0.25) is 0 Å². The Hall–Kier alpha value is -1.15. The Balaban J connectivity index is 2.16. The number of hydrogen-bond acceptors (Lipinski definition) is 2. The smallest absolute Gasteiger partial charge is 0.150 e. The maximum Gasteiger partial charge on any atom is 0.150 e. The maximum atomic E-state index is 10.4. The van der Waals surface area contributed by atoms with Crippen LogP contribution in [0.3, 0.4) is 0 Å². The first-order chi connectivity index (χ1) is 6.40. The summed E-state index contributed by atoms with van der Waals surface area (Å²) in [6, 6.07) is 8.32. The molecule has 0 spiro atoms. The molecule has 2 nitrogen and oxygen atoms in total. The van der Waals surface area contributed by atoms with E-state index >= 15 is 0 Å². The Morgan fingerprint density at radius 2 is 2.08 bits per heavy atom. The third kappa shape index (κ3) is 1.78. The van der Waals surface area contributed by atoms with Crippen LogP contribution < -0.4 is 5.32 Å². The molecule has 1 aliphatic rings. The lowest BCUT2D eigenvalue weighted by atomic mass is 10.0. The molecule has 0 amide bonds. The van der Waals surface area contributed by atoms with Crippen molar-refractivity contribution in [1.82, 2.24) is 5.32 Å². The van der Waals surface area contributed by atoms with Crippen LogP contribution in [0.4, 0.5) is 0 Å². The van der Waals surface area contributed by atoms with Crippen molar-refractivity contribution in [3.05, 3.63) is 35.4 Å². The molecule has 0 bridgehead atoms. The SMILES string of the molecule is O=Cc1ccc(C2CCCN2)cc1. The number of rotatable bonds is 2. The minimum atomic E-state index is 0.501. The van der Waals surface area contributed by atoms with Crippen LogP contribution in [0.25, 0.3) is 0 Å². The molecule has 1 unspecified atom stereocenters. The fraction of sp³-hybridized carbons (Fsp3) is 0.364. The van der Waals surface area contributed by atoms with Gasteiger partial charge in [0.2, 0.25) is 0 Å². The van der Waals surface area contributed by atoms with Crippen molar-refractivity contribution in [3.63, 3.8) is 0 Å². The number of hydrogen-bond donors (Lipinski definition) is 1. The Morgan fingerprint density at radius 3 is 2.62 bits per heavy atom. The maximum absolute atomic E-state index is 10.4. The van der Waals surface area contributed by atoms with Crippen molar-refractivity contribution in [2.24, 2.45) is 0 Å². The van der Waals surface area contributed by atoms with Crippen LogP contribution in [-0.4, -0.2) is 12.8 Å². The van der Waals surface area contributed by atoms with E-state index in [0.29, 0.717) is 6.04 Å². The van der Waals surface area contributed by atoms with Crippen molar-refractivity contribution < 1.29 is 4.79 Å². The first kappa shape index (κ1) is 8.45. The third-order valence-electron chi connectivity index (χ3n) is 2.54. The molecule has 1 fully saturated rings. The van der Waals surface area contributed by atoms with Gasteiger partial charge in [0, 0.05) is 11.6 Å². The largest absolute Gasteiger partial charge is 0.310 e. The van der Waals surface area contributed by atoms with Gasteiger partial charge in [-0.1, -0.05) is 24.3 Å². The van der Waals surface area contributed by atoms with Crippen molar-refractivity contribution >= 4 is 6.29 Å². The average molecular weight is 175 g/mol. The third-order valence-corrected chi connectivity index (χ3v) is 2.54. The Morgan fingerprint density at radius 1 is 1.31 bits per heavy atom. The van der Waals surface area contributed by atoms with E-state index in [1.54, 1.807) is 0 Å². The summed E-state index contributed by atoms with van der Waals surface area (Å²) in [6.07, 6.45) is 3.34. The standard InChI is InChI=1S/C11H13NO/c13-8-9-3-5-10(6-4-9)11-2-1-7-12-11/h3-6,8,11-12H,1-2,7H2. The normalized spacial score (nSPS) is 21.7. The Kier molecular flexibility index (Phi) is 2.41. The number of benzene rings is 1. The van der Waals surface area contributed by atoms with Gasteiger partial charge in [-0.2, -0.15) is 0 Å². The summed E-state index contributed by atoms with van der Waals surface area (Å²) in [5.74, 6) is 0. The molecule has 13 heavy (non-hydrogen) atoms. The highest BCUT2D eigenvalue weighted by atomic mass is 16.1. The number of aldehydes is 1. The number of nitrogens with one attached hydrogen (secondary N) is 1. The summed E-state index contributed by atoms with van der Waals surface area (Å²) < 4.78 is 0. The molecule has 1 atom stereocenters. The second-order valence-corrected chi connectivity index (χ2v) is 3.43. The van der Waals surface area contributed by atoms with Crippen molar-refractivity contribution in [2.45, 2.75) is 18.9 Å². The van der Waals surface area contributed by atoms with Crippen LogP contribution in [0.1, 0.15) is 34.8 Å². The first-order valence-electron chi connectivity index (χ1n) is 4.68. The molecular weight excluding hydrogens is 162 g/mol. The minimum Gasteiger partial charge on any atom is -0.310 e. The molecule has 0 radical (unpaired) electrons. The first-order valence-corrected chi connectivity index (χ1v) is 4.68. The molecule has 1 saturated heterocycles. The van der Waals surface area contributed by atoms with Gasteiger partial charge in [0.1, 0.15) is 6.29 Å². The zero-order valence-electron chi connectivity index (χ0n) is 7.49. The molecule has 68 valence electrons. The van der Waals surface area contributed by atoms with E-state index < -0.39 is 0 Å². The molecule has 1 aliphatic heterocycles. The lowest BCUT2D eigenvalue weighted by Crippen LogP contribution is -2.12. The van der Waals surface area contributed by atoms with Crippen LogP contribution >= 0.6 is 0 Å². The van der Waals surface area contributed by atoms with E-state index in [4.69, 9.17) is 0 Å². The van der Waals surface area contributed by atoms with Crippen molar-refractivity contribution in [2.75, 3.05) is 6.54 Å². The zero-order valence-corrected chi connectivity index (χ0v) is 7.49. The van der Waals surface area contributed by atoms with E-state index in [9.17, 15) is 4.79 Å². The lowest BCUT2D eigenvalue weighted by Gasteiger charge is -2.09. The molecular formula is C11H13NO. The second kappa shape index (κ2) is 3.71. The summed E-state index contributed by atoms with van der Waals surface area (Å²) in [5, 5.41) is 3.42. The molecule has 0 aliphatic carbocycles. The van der Waals surface area contributed by atoms with Gasteiger partial charge in [0.25, 0.3) is 0 Å². The second-order valence-electron chi connectivity index (χ2n) is 3.43. The summed E-state index contributed by atoms with van der Waals surface area (Å²) >= 11 is 0. The van der Waals surface area contributed by atoms with Crippen molar-refractivity contribution in [1.29, 1.82) is 0 Å². The van der Waals surface area contributed by atoms with Gasteiger partial charge >= 0.3 is 0 Å². The zero-order chi connectivity index (χ0) is 9.10. The fourth-order valence-corrected chi connectivity index (χ4v) is 1.78. The van der Waals surface area contributed by atoms with Gasteiger partial charge in [-0.3, -0.25) is 4.79 Å². The molecule has 1 N–H and O–H groups in total. The van der Waals surface area contributed by atoms with Gasteiger partial charge in [-0.15, -0.1) is 0 Å². The summed E-state index contributed by atoms with van der Waals surface area (Å²) in [7, 11) is 0. The van der Waals surface area contributed by atoms with E-state index in [0.717, 1.165) is 18.4 Å². The summed E-state index contributed by atoms with van der Waals surface area (Å²) in [6.45, 7) is 1.11. The van der Waals surface area contributed by atoms with Gasteiger partial charge in [0.05, 0.1) is 0 Å². The molecule has 2 rings (SSSR count). The average Bonchev–Trinajstić information content (AvgIpc) is 2.71. The highest BCUT2D eigenvalue weighted by Gasteiger charge is 2.15. The molecule has 1 heterocycles. The molecule has 1 aromatic carbocycles. The highest BCUT2D eigenvalue weighted by Crippen LogP contribution is 2.22. The fourth-order valence-electron chi connectivity index (χ4n) is 1.78. The lowest BCUT2D eigenvalue weighted by molar-refractivity contribution is 0.112. The van der Waals surface area contributed by atoms with Crippen LogP contribution in [0, 0.1) is 0 Å². The Bertz CT molecular complexity index is 285.